The quantitative estimate of drug-likeness (QED) is 0.655. The minimum atomic E-state index is -4.47. The van der Waals surface area contributed by atoms with E-state index in [-0.39, 0.29) is 12.1 Å². The van der Waals surface area contributed by atoms with E-state index in [0.717, 1.165) is 30.3 Å². The fourth-order valence-electron chi connectivity index (χ4n) is 1.81. The number of halogens is 5. The van der Waals surface area contributed by atoms with Gasteiger partial charge in [0, 0.05) is 5.56 Å². The van der Waals surface area contributed by atoms with Gasteiger partial charge >= 0.3 is 6.18 Å². The molecule has 0 fully saturated rings. The molecule has 1 amide bonds. The standard InChI is InChI=1S/C17H10F5NO/c18-13-6-7-15(19)14(10-13)16(24)23-8-2-4-11-3-1-5-12(9-11)17(20,21)22/h1,3,5-7,9-10H,8H2,(H,23,24). The van der Waals surface area contributed by atoms with E-state index >= 15 is 0 Å². The Hall–Kier alpha value is -2.88. The van der Waals surface area contributed by atoms with Crippen LogP contribution < -0.4 is 5.32 Å². The molecule has 0 bridgehead atoms. The molecule has 0 aromatic heterocycles. The third kappa shape index (κ3) is 4.56. The molecule has 0 spiro atoms. The minimum Gasteiger partial charge on any atom is -0.341 e. The Labute approximate surface area is 134 Å². The molecule has 24 heavy (non-hydrogen) atoms. The lowest BCUT2D eigenvalue weighted by Gasteiger charge is -2.05. The Morgan fingerprint density at radius 2 is 1.83 bits per heavy atom. The SMILES string of the molecule is O=C(NCC#Cc1cccc(C(F)(F)F)c1)c1cc(F)ccc1F. The number of hydrogen-bond donors (Lipinski definition) is 1. The van der Waals surface area contributed by atoms with Gasteiger partial charge in [0.05, 0.1) is 17.7 Å². The highest BCUT2D eigenvalue weighted by molar-refractivity contribution is 5.94. The van der Waals surface area contributed by atoms with Crippen LogP contribution in [0.3, 0.4) is 0 Å². The highest BCUT2D eigenvalue weighted by Crippen LogP contribution is 2.29. The highest BCUT2D eigenvalue weighted by atomic mass is 19.4. The first kappa shape index (κ1) is 17.5. The molecule has 2 rings (SSSR count). The molecule has 7 heteroatoms. The van der Waals surface area contributed by atoms with Crippen molar-refractivity contribution >= 4 is 5.91 Å². The lowest BCUT2D eigenvalue weighted by Crippen LogP contribution is -2.24. The van der Waals surface area contributed by atoms with Crippen molar-refractivity contribution < 1.29 is 26.7 Å². The molecule has 0 aliphatic carbocycles. The summed E-state index contributed by atoms with van der Waals surface area (Å²) in [7, 11) is 0. The summed E-state index contributed by atoms with van der Waals surface area (Å²) in [5.74, 6) is 2.38. The summed E-state index contributed by atoms with van der Waals surface area (Å²) < 4.78 is 64.0. The number of carbonyl (C=O) groups is 1. The van der Waals surface area contributed by atoms with Crippen molar-refractivity contribution in [3.63, 3.8) is 0 Å². The summed E-state index contributed by atoms with van der Waals surface area (Å²) in [5.41, 5.74) is -1.19. The van der Waals surface area contributed by atoms with Gasteiger partial charge in [-0.3, -0.25) is 4.79 Å². The lowest BCUT2D eigenvalue weighted by molar-refractivity contribution is -0.137. The summed E-state index contributed by atoms with van der Waals surface area (Å²) >= 11 is 0. The molecule has 2 aromatic rings. The van der Waals surface area contributed by atoms with Crippen molar-refractivity contribution in [2.24, 2.45) is 0 Å². The average Bonchev–Trinajstić information content (AvgIpc) is 2.53. The van der Waals surface area contributed by atoms with Gasteiger partial charge in [0.25, 0.3) is 5.91 Å². The van der Waals surface area contributed by atoms with Gasteiger partial charge in [-0.25, -0.2) is 8.78 Å². The van der Waals surface area contributed by atoms with E-state index in [9.17, 15) is 26.7 Å². The second kappa shape index (κ2) is 7.13. The fourth-order valence-corrected chi connectivity index (χ4v) is 1.81. The molecule has 0 saturated heterocycles. The van der Waals surface area contributed by atoms with Crippen LogP contribution >= 0.6 is 0 Å². The molecule has 0 aliphatic rings. The number of hydrogen-bond acceptors (Lipinski definition) is 1. The van der Waals surface area contributed by atoms with Crippen molar-refractivity contribution in [1.29, 1.82) is 0 Å². The van der Waals surface area contributed by atoms with Crippen LogP contribution in [0.1, 0.15) is 21.5 Å². The summed E-state index contributed by atoms with van der Waals surface area (Å²) in [6.07, 6.45) is -4.47. The van der Waals surface area contributed by atoms with E-state index < -0.39 is 34.8 Å². The number of alkyl halides is 3. The summed E-state index contributed by atoms with van der Waals surface area (Å²) in [6, 6.07) is 6.83. The predicted octanol–water partition coefficient (Wildman–Crippen LogP) is 3.77. The van der Waals surface area contributed by atoms with Gasteiger partial charge < -0.3 is 5.32 Å². The van der Waals surface area contributed by atoms with Crippen molar-refractivity contribution in [3.8, 4) is 11.8 Å². The number of benzene rings is 2. The van der Waals surface area contributed by atoms with E-state index in [1.807, 2.05) is 0 Å². The van der Waals surface area contributed by atoms with Crippen LogP contribution in [0.15, 0.2) is 42.5 Å². The van der Waals surface area contributed by atoms with E-state index in [1.54, 1.807) is 0 Å². The van der Waals surface area contributed by atoms with Crippen LogP contribution in [-0.4, -0.2) is 12.5 Å². The maximum atomic E-state index is 13.4. The van der Waals surface area contributed by atoms with Crippen LogP contribution in [0.4, 0.5) is 22.0 Å². The largest absolute Gasteiger partial charge is 0.416 e. The second-order valence-corrected chi connectivity index (χ2v) is 4.69. The third-order valence-corrected chi connectivity index (χ3v) is 2.93. The van der Waals surface area contributed by atoms with Crippen LogP contribution in [0.5, 0.6) is 0 Å². The number of nitrogens with one attached hydrogen (secondary N) is 1. The van der Waals surface area contributed by atoms with Crippen LogP contribution in [0, 0.1) is 23.5 Å². The lowest BCUT2D eigenvalue weighted by atomic mass is 10.1. The Morgan fingerprint density at radius 3 is 2.54 bits per heavy atom. The van der Waals surface area contributed by atoms with Gasteiger partial charge in [-0.15, -0.1) is 0 Å². The first-order valence-electron chi connectivity index (χ1n) is 6.67. The molecule has 0 radical (unpaired) electrons. The molecule has 1 N–H and O–H groups in total. The Bertz CT molecular complexity index is 818. The zero-order valence-electron chi connectivity index (χ0n) is 12.0. The van der Waals surface area contributed by atoms with Crippen molar-refractivity contribution in [3.05, 3.63) is 70.8 Å². The molecule has 0 unspecified atom stereocenters. The van der Waals surface area contributed by atoms with Gasteiger partial charge in [0.2, 0.25) is 0 Å². The molecule has 124 valence electrons. The molecule has 2 aromatic carbocycles. The first-order valence-corrected chi connectivity index (χ1v) is 6.67. The van der Waals surface area contributed by atoms with Crippen molar-refractivity contribution in [2.75, 3.05) is 6.54 Å². The van der Waals surface area contributed by atoms with Gasteiger partial charge in [-0.2, -0.15) is 13.2 Å². The maximum Gasteiger partial charge on any atom is 0.416 e. The second-order valence-electron chi connectivity index (χ2n) is 4.69. The van der Waals surface area contributed by atoms with Crippen molar-refractivity contribution in [2.45, 2.75) is 6.18 Å². The number of amides is 1. The third-order valence-electron chi connectivity index (χ3n) is 2.93. The predicted molar refractivity (Wildman–Crippen MR) is 77.0 cm³/mol. The van der Waals surface area contributed by atoms with Gasteiger partial charge in [0.1, 0.15) is 11.6 Å². The van der Waals surface area contributed by atoms with Crippen LogP contribution in [-0.2, 0) is 6.18 Å². The Balaban J connectivity index is 2.02. The molecule has 0 saturated carbocycles. The van der Waals surface area contributed by atoms with Gasteiger partial charge in [-0.1, -0.05) is 17.9 Å². The zero-order chi connectivity index (χ0) is 17.7. The molecule has 0 heterocycles. The van der Waals surface area contributed by atoms with E-state index in [4.69, 9.17) is 0 Å². The maximum absolute atomic E-state index is 13.4. The van der Waals surface area contributed by atoms with E-state index in [0.29, 0.717) is 0 Å². The Kier molecular flexibility index (Phi) is 5.19. The van der Waals surface area contributed by atoms with Gasteiger partial charge in [0.15, 0.2) is 0 Å². The monoisotopic (exact) mass is 339 g/mol. The Morgan fingerprint density at radius 1 is 1.08 bits per heavy atom. The topological polar surface area (TPSA) is 29.1 Å². The first-order chi connectivity index (χ1) is 11.3. The van der Waals surface area contributed by atoms with Crippen LogP contribution in [0.25, 0.3) is 0 Å². The molecule has 2 nitrogen and oxygen atoms in total. The summed E-state index contributed by atoms with van der Waals surface area (Å²) in [5, 5.41) is 2.24. The molecule has 0 atom stereocenters. The summed E-state index contributed by atoms with van der Waals surface area (Å²) in [4.78, 5) is 11.7. The zero-order valence-corrected chi connectivity index (χ0v) is 12.0. The fraction of sp³-hybridized carbons (Fsp3) is 0.118. The number of rotatable bonds is 2. The van der Waals surface area contributed by atoms with Crippen molar-refractivity contribution in [1.82, 2.24) is 5.32 Å². The van der Waals surface area contributed by atoms with Gasteiger partial charge in [-0.05, 0) is 36.4 Å². The molecular formula is C17H10F5NO. The van der Waals surface area contributed by atoms with E-state index in [1.165, 1.54) is 12.1 Å². The number of carbonyl (C=O) groups excluding carboxylic acids is 1. The smallest absolute Gasteiger partial charge is 0.341 e. The average molecular weight is 339 g/mol. The molecular weight excluding hydrogens is 329 g/mol. The highest BCUT2D eigenvalue weighted by Gasteiger charge is 2.30. The molecule has 0 aliphatic heterocycles. The van der Waals surface area contributed by atoms with Crippen LogP contribution in [0.2, 0.25) is 0 Å². The minimum absolute atomic E-state index is 0.121. The normalized spacial score (nSPS) is 10.7. The summed E-state index contributed by atoms with van der Waals surface area (Å²) in [6.45, 7) is -0.231. The van der Waals surface area contributed by atoms with E-state index in [2.05, 4.69) is 17.2 Å².